The summed E-state index contributed by atoms with van der Waals surface area (Å²) < 4.78 is 0. The highest BCUT2D eigenvalue weighted by Gasteiger charge is 2.26. The summed E-state index contributed by atoms with van der Waals surface area (Å²) in [5.41, 5.74) is 0. The van der Waals surface area contributed by atoms with E-state index in [9.17, 15) is 14.7 Å². The summed E-state index contributed by atoms with van der Waals surface area (Å²) in [7, 11) is 0. The van der Waals surface area contributed by atoms with E-state index >= 15 is 0 Å². The van der Waals surface area contributed by atoms with Crippen LogP contribution in [-0.4, -0.2) is 65.4 Å². The van der Waals surface area contributed by atoms with Gasteiger partial charge in [-0.1, -0.05) is 6.92 Å². The molecule has 0 aromatic carbocycles. The van der Waals surface area contributed by atoms with E-state index in [1.54, 1.807) is 0 Å². The number of hydrogen-bond acceptors (Lipinski definition) is 4. The second-order valence-corrected chi connectivity index (χ2v) is 4.96. The summed E-state index contributed by atoms with van der Waals surface area (Å²) >= 11 is 0. The van der Waals surface area contributed by atoms with Crippen molar-refractivity contribution in [3.8, 4) is 0 Å². The lowest BCUT2D eigenvalue weighted by atomic mass is 10.1. The Morgan fingerprint density at radius 2 is 2.16 bits per heavy atom. The fourth-order valence-electron chi connectivity index (χ4n) is 2.18. The molecule has 0 saturated carbocycles. The predicted molar refractivity (Wildman–Crippen MR) is 69.9 cm³/mol. The summed E-state index contributed by atoms with van der Waals surface area (Å²) in [5.74, 6) is -0.844. The van der Waals surface area contributed by atoms with Crippen LogP contribution < -0.4 is 10.6 Å². The predicted octanol–water partition coefficient (Wildman–Crippen LogP) is -0.539. The van der Waals surface area contributed by atoms with Crippen LogP contribution in [0.25, 0.3) is 0 Å². The number of hydrogen-bond donors (Lipinski definition) is 4. The third kappa shape index (κ3) is 5.04. The molecule has 2 amide bonds. The van der Waals surface area contributed by atoms with E-state index in [2.05, 4.69) is 22.5 Å². The maximum atomic E-state index is 11.6. The van der Waals surface area contributed by atoms with Crippen molar-refractivity contribution in [2.75, 3.05) is 26.2 Å². The average Bonchev–Trinajstić information content (AvgIpc) is 2.80. The zero-order chi connectivity index (χ0) is 14.4. The molecular weight excluding hydrogens is 250 g/mol. The van der Waals surface area contributed by atoms with Crippen LogP contribution in [-0.2, 0) is 4.79 Å². The van der Waals surface area contributed by atoms with Gasteiger partial charge in [0.15, 0.2) is 6.04 Å². The Bertz CT molecular complexity index is 322. The third-order valence-corrected chi connectivity index (χ3v) is 3.40. The molecule has 0 spiro atoms. The Morgan fingerprint density at radius 3 is 2.63 bits per heavy atom. The van der Waals surface area contributed by atoms with Crippen molar-refractivity contribution in [3.05, 3.63) is 0 Å². The normalized spacial score (nSPS) is 22.8. The minimum Gasteiger partial charge on any atom is -0.480 e. The van der Waals surface area contributed by atoms with Gasteiger partial charge in [-0.05, 0) is 32.4 Å². The molecule has 0 bridgehead atoms. The first kappa shape index (κ1) is 15.7. The molecular formula is C12H23N3O4. The average molecular weight is 273 g/mol. The van der Waals surface area contributed by atoms with Crippen LogP contribution in [0, 0.1) is 5.92 Å². The monoisotopic (exact) mass is 273 g/mol. The summed E-state index contributed by atoms with van der Waals surface area (Å²) in [6.45, 7) is 6.95. The lowest BCUT2D eigenvalue weighted by molar-refractivity contribution is -0.141. The van der Waals surface area contributed by atoms with E-state index in [1.807, 2.05) is 0 Å². The summed E-state index contributed by atoms with van der Waals surface area (Å²) in [4.78, 5) is 24.7. The maximum absolute atomic E-state index is 11.6. The van der Waals surface area contributed by atoms with Gasteiger partial charge in [0.1, 0.15) is 0 Å². The highest BCUT2D eigenvalue weighted by atomic mass is 16.4. The van der Waals surface area contributed by atoms with E-state index in [4.69, 9.17) is 5.11 Å². The molecule has 1 fully saturated rings. The molecule has 0 radical (unpaired) electrons. The smallest absolute Gasteiger partial charge is 0.328 e. The Balaban J connectivity index is 2.29. The Hall–Kier alpha value is -1.34. The number of carbonyl (C=O) groups is 2. The number of rotatable bonds is 6. The first-order valence-corrected chi connectivity index (χ1v) is 6.61. The SMILES string of the molecule is CCN1CCC(CNC(=O)NC(C(=O)O)C(C)O)C1. The van der Waals surface area contributed by atoms with Crippen molar-refractivity contribution in [2.45, 2.75) is 32.4 Å². The second-order valence-electron chi connectivity index (χ2n) is 4.96. The molecule has 1 saturated heterocycles. The largest absolute Gasteiger partial charge is 0.480 e. The highest BCUT2D eigenvalue weighted by molar-refractivity contribution is 5.82. The van der Waals surface area contributed by atoms with E-state index in [-0.39, 0.29) is 0 Å². The summed E-state index contributed by atoms with van der Waals surface area (Å²) in [6.07, 6.45) is -0.0994. The minimum absolute atomic E-state index is 0.403. The maximum Gasteiger partial charge on any atom is 0.328 e. The van der Waals surface area contributed by atoms with Crippen molar-refractivity contribution < 1.29 is 19.8 Å². The fraction of sp³-hybridized carbons (Fsp3) is 0.833. The molecule has 0 aromatic heterocycles. The van der Waals surface area contributed by atoms with E-state index in [1.165, 1.54) is 6.92 Å². The molecule has 1 aliphatic heterocycles. The molecule has 3 atom stereocenters. The van der Waals surface area contributed by atoms with Gasteiger partial charge >= 0.3 is 12.0 Å². The molecule has 1 rings (SSSR count). The Kier molecular flexibility index (Phi) is 6.04. The molecule has 4 N–H and O–H groups in total. The molecule has 7 heteroatoms. The van der Waals surface area contributed by atoms with Crippen molar-refractivity contribution in [3.63, 3.8) is 0 Å². The fourth-order valence-corrected chi connectivity index (χ4v) is 2.18. The molecule has 110 valence electrons. The van der Waals surface area contributed by atoms with Gasteiger partial charge in [0, 0.05) is 13.1 Å². The Labute approximate surface area is 113 Å². The van der Waals surface area contributed by atoms with Gasteiger partial charge in [-0.25, -0.2) is 9.59 Å². The second kappa shape index (κ2) is 7.30. The van der Waals surface area contributed by atoms with Crippen LogP contribution in [0.1, 0.15) is 20.3 Å². The molecule has 0 aromatic rings. The number of amides is 2. The summed E-state index contributed by atoms with van der Waals surface area (Å²) in [6, 6.07) is -1.83. The number of likely N-dealkylation sites (tertiary alicyclic amines) is 1. The van der Waals surface area contributed by atoms with E-state index < -0.39 is 24.1 Å². The van der Waals surface area contributed by atoms with Crippen LogP contribution in [0.15, 0.2) is 0 Å². The first-order chi connectivity index (χ1) is 8.93. The van der Waals surface area contributed by atoms with Gasteiger partial charge in [-0.3, -0.25) is 0 Å². The topological polar surface area (TPSA) is 102 Å². The molecule has 7 nitrogen and oxygen atoms in total. The van der Waals surface area contributed by atoms with Crippen LogP contribution in [0.4, 0.5) is 4.79 Å². The number of nitrogens with one attached hydrogen (secondary N) is 2. The number of carbonyl (C=O) groups excluding carboxylic acids is 1. The number of carboxylic acid groups (broad SMARTS) is 1. The van der Waals surface area contributed by atoms with Gasteiger partial charge in [-0.2, -0.15) is 0 Å². The minimum atomic E-state index is -1.28. The van der Waals surface area contributed by atoms with E-state index in [0.29, 0.717) is 12.5 Å². The highest BCUT2D eigenvalue weighted by Crippen LogP contribution is 2.14. The standard InChI is InChI=1S/C12H23N3O4/c1-3-15-5-4-9(7-15)6-13-12(19)14-10(8(2)16)11(17)18/h8-10,16H,3-7H2,1-2H3,(H,17,18)(H2,13,14,19). The molecule has 3 unspecified atom stereocenters. The van der Waals surface area contributed by atoms with Crippen LogP contribution in [0.3, 0.4) is 0 Å². The van der Waals surface area contributed by atoms with Crippen LogP contribution >= 0.6 is 0 Å². The molecule has 1 heterocycles. The summed E-state index contributed by atoms with van der Waals surface area (Å²) in [5, 5.41) is 23.0. The number of urea groups is 1. The lowest BCUT2D eigenvalue weighted by Crippen LogP contribution is -2.51. The number of nitrogens with zero attached hydrogens (tertiary/aromatic N) is 1. The molecule has 19 heavy (non-hydrogen) atoms. The number of aliphatic carboxylic acids is 1. The van der Waals surface area contributed by atoms with Gasteiger partial charge in [0.05, 0.1) is 6.10 Å². The van der Waals surface area contributed by atoms with Gasteiger partial charge < -0.3 is 25.7 Å². The van der Waals surface area contributed by atoms with E-state index in [0.717, 1.165) is 26.1 Å². The quantitative estimate of drug-likeness (QED) is 0.521. The Morgan fingerprint density at radius 1 is 1.47 bits per heavy atom. The zero-order valence-corrected chi connectivity index (χ0v) is 11.4. The van der Waals surface area contributed by atoms with Gasteiger partial charge in [0.2, 0.25) is 0 Å². The number of aliphatic hydroxyl groups excluding tert-OH is 1. The van der Waals surface area contributed by atoms with Crippen LogP contribution in [0.2, 0.25) is 0 Å². The first-order valence-electron chi connectivity index (χ1n) is 6.61. The van der Waals surface area contributed by atoms with Crippen molar-refractivity contribution in [1.29, 1.82) is 0 Å². The van der Waals surface area contributed by atoms with Gasteiger partial charge in [-0.15, -0.1) is 0 Å². The lowest BCUT2D eigenvalue weighted by Gasteiger charge is -2.18. The number of aliphatic hydroxyl groups is 1. The number of carboxylic acids is 1. The molecule has 0 aliphatic carbocycles. The third-order valence-electron chi connectivity index (χ3n) is 3.40. The van der Waals surface area contributed by atoms with Crippen molar-refractivity contribution >= 4 is 12.0 Å². The van der Waals surface area contributed by atoms with Crippen LogP contribution in [0.5, 0.6) is 0 Å². The van der Waals surface area contributed by atoms with Gasteiger partial charge in [0.25, 0.3) is 0 Å². The molecule has 1 aliphatic rings. The van der Waals surface area contributed by atoms with Crippen molar-refractivity contribution in [1.82, 2.24) is 15.5 Å². The zero-order valence-electron chi connectivity index (χ0n) is 11.4. The van der Waals surface area contributed by atoms with Crippen molar-refractivity contribution in [2.24, 2.45) is 5.92 Å².